The van der Waals surface area contributed by atoms with Crippen molar-refractivity contribution in [2.24, 2.45) is 0 Å². The van der Waals surface area contributed by atoms with Crippen LogP contribution in [0.1, 0.15) is 18.2 Å². The van der Waals surface area contributed by atoms with Crippen molar-refractivity contribution in [3.63, 3.8) is 0 Å². The van der Waals surface area contributed by atoms with Crippen molar-refractivity contribution in [2.75, 3.05) is 5.32 Å². The van der Waals surface area contributed by atoms with Crippen molar-refractivity contribution in [1.82, 2.24) is 9.97 Å². The molecule has 0 aliphatic carbocycles. The molecule has 2 aromatic carbocycles. The van der Waals surface area contributed by atoms with Gasteiger partial charge in [0, 0.05) is 11.3 Å². The Morgan fingerprint density at radius 1 is 0.970 bits per heavy atom. The Kier molecular flexibility index (Phi) is 7.23. The van der Waals surface area contributed by atoms with E-state index in [9.17, 15) is 31.1 Å². The van der Waals surface area contributed by atoms with Gasteiger partial charge in [-0.3, -0.25) is 4.79 Å². The predicted octanol–water partition coefficient (Wildman–Crippen LogP) is 6.95. The molecule has 0 spiro atoms. The van der Waals surface area contributed by atoms with E-state index in [0.29, 0.717) is 23.4 Å². The van der Waals surface area contributed by atoms with Crippen LogP contribution >= 0.6 is 23.4 Å². The summed E-state index contributed by atoms with van der Waals surface area (Å²) in [5, 5.41) is 0.430. The molecule has 0 saturated carbocycles. The van der Waals surface area contributed by atoms with Gasteiger partial charge in [0.25, 0.3) is 0 Å². The molecule has 1 heterocycles. The van der Waals surface area contributed by atoms with Gasteiger partial charge in [-0.15, -0.1) is 0 Å². The lowest BCUT2D eigenvalue weighted by Gasteiger charge is -2.15. The van der Waals surface area contributed by atoms with Crippen LogP contribution < -0.4 is 5.32 Å². The van der Waals surface area contributed by atoms with Crippen LogP contribution in [-0.4, -0.2) is 21.1 Å². The predicted molar refractivity (Wildman–Crippen MR) is 113 cm³/mol. The highest BCUT2D eigenvalue weighted by molar-refractivity contribution is 8.00. The number of carbonyl (C=O) groups excluding carboxylic acids is 1. The van der Waals surface area contributed by atoms with Gasteiger partial charge in [0.1, 0.15) is 5.69 Å². The molecule has 0 aliphatic heterocycles. The number of thioether (sulfide) groups is 1. The van der Waals surface area contributed by atoms with Crippen LogP contribution in [0.3, 0.4) is 0 Å². The lowest BCUT2D eigenvalue weighted by molar-refractivity contribution is -0.141. The van der Waals surface area contributed by atoms with E-state index in [1.165, 1.54) is 13.0 Å². The zero-order valence-corrected chi connectivity index (χ0v) is 18.2. The van der Waals surface area contributed by atoms with E-state index < -0.39 is 39.8 Å². The van der Waals surface area contributed by atoms with Gasteiger partial charge in [-0.05, 0) is 31.2 Å². The number of rotatable bonds is 5. The summed E-state index contributed by atoms with van der Waals surface area (Å²) >= 11 is 6.20. The second-order valence-corrected chi connectivity index (χ2v) is 8.44. The second kappa shape index (κ2) is 9.60. The fraction of sp³-hybridized carbons (Fsp3) is 0.190. The van der Waals surface area contributed by atoms with Crippen molar-refractivity contribution < 1.29 is 31.1 Å². The van der Waals surface area contributed by atoms with Crippen LogP contribution in [0.4, 0.5) is 32.0 Å². The van der Waals surface area contributed by atoms with Crippen molar-refractivity contribution in [3.8, 4) is 11.3 Å². The van der Waals surface area contributed by atoms with Crippen LogP contribution in [0.5, 0.6) is 0 Å². The fourth-order valence-electron chi connectivity index (χ4n) is 2.66. The Balaban J connectivity index is 1.83. The SMILES string of the molecule is C[C@@H](Sc1nc(-c2ccccc2)cc(C(F)(F)F)n1)C(=O)Nc1ccc(Cl)c(C(F)(F)F)c1. The summed E-state index contributed by atoms with van der Waals surface area (Å²) in [5.41, 5.74) is -2.04. The van der Waals surface area contributed by atoms with Gasteiger partial charge in [0.15, 0.2) is 5.16 Å². The molecule has 4 nitrogen and oxygen atoms in total. The molecule has 1 N–H and O–H groups in total. The van der Waals surface area contributed by atoms with E-state index in [1.54, 1.807) is 30.3 Å². The number of benzene rings is 2. The standard InChI is InChI=1S/C21H14ClF6N3OS/c1-11(18(32)29-13-7-8-15(22)14(9-13)20(23,24)25)33-19-30-16(12-5-3-2-4-6-12)10-17(31-19)21(26,27)28/h2-11H,1H3,(H,29,32)/t11-/m1/s1. The Hall–Kier alpha value is -2.79. The lowest BCUT2D eigenvalue weighted by atomic mass is 10.1. The Bertz CT molecular complexity index is 1150. The number of nitrogens with zero attached hydrogens (tertiary/aromatic N) is 2. The zero-order valence-electron chi connectivity index (χ0n) is 16.6. The Morgan fingerprint density at radius 2 is 1.64 bits per heavy atom. The quantitative estimate of drug-likeness (QED) is 0.231. The zero-order chi connectivity index (χ0) is 24.4. The number of alkyl halides is 6. The first kappa shape index (κ1) is 24.8. The number of hydrogen-bond acceptors (Lipinski definition) is 4. The third kappa shape index (κ3) is 6.38. The smallest absolute Gasteiger partial charge is 0.325 e. The van der Waals surface area contributed by atoms with E-state index in [1.807, 2.05) is 0 Å². The number of halogens is 7. The second-order valence-electron chi connectivity index (χ2n) is 6.73. The first-order chi connectivity index (χ1) is 15.3. The maximum Gasteiger partial charge on any atom is 0.433 e. The lowest BCUT2D eigenvalue weighted by Crippen LogP contribution is -2.23. The normalized spacial score (nSPS) is 13.0. The number of aromatic nitrogens is 2. The van der Waals surface area contributed by atoms with E-state index in [-0.39, 0.29) is 16.5 Å². The Labute approximate surface area is 193 Å². The molecule has 3 rings (SSSR count). The highest BCUT2D eigenvalue weighted by atomic mass is 35.5. The maximum atomic E-state index is 13.3. The number of amides is 1. The third-order valence-electron chi connectivity index (χ3n) is 4.26. The van der Waals surface area contributed by atoms with Crippen molar-refractivity contribution in [1.29, 1.82) is 0 Å². The largest absolute Gasteiger partial charge is 0.433 e. The molecule has 12 heteroatoms. The minimum absolute atomic E-state index is 0.0144. The summed E-state index contributed by atoms with van der Waals surface area (Å²) in [6.07, 6.45) is -9.47. The molecule has 0 aliphatic rings. The minimum Gasteiger partial charge on any atom is -0.325 e. The number of nitrogens with one attached hydrogen (secondary N) is 1. The van der Waals surface area contributed by atoms with Crippen molar-refractivity contribution >= 4 is 35.0 Å². The van der Waals surface area contributed by atoms with E-state index in [2.05, 4.69) is 15.3 Å². The highest BCUT2D eigenvalue weighted by Gasteiger charge is 2.35. The summed E-state index contributed by atoms with van der Waals surface area (Å²) < 4.78 is 79.0. The fourth-order valence-corrected chi connectivity index (χ4v) is 3.66. The van der Waals surface area contributed by atoms with Crippen LogP contribution in [-0.2, 0) is 17.1 Å². The third-order valence-corrected chi connectivity index (χ3v) is 5.55. The van der Waals surface area contributed by atoms with Gasteiger partial charge >= 0.3 is 12.4 Å². The van der Waals surface area contributed by atoms with Crippen molar-refractivity contribution in [2.45, 2.75) is 29.7 Å². The van der Waals surface area contributed by atoms with E-state index >= 15 is 0 Å². The first-order valence-electron chi connectivity index (χ1n) is 9.20. The van der Waals surface area contributed by atoms with Crippen LogP contribution in [0.15, 0.2) is 59.8 Å². The summed E-state index contributed by atoms with van der Waals surface area (Å²) in [6.45, 7) is 1.37. The maximum absolute atomic E-state index is 13.3. The van der Waals surface area contributed by atoms with Gasteiger partial charge in [-0.25, -0.2) is 9.97 Å². The molecule has 174 valence electrons. The molecule has 1 aromatic heterocycles. The molecule has 0 radical (unpaired) electrons. The first-order valence-corrected chi connectivity index (χ1v) is 10.5. The summed E-state index contributed by atoms with van der Waals surface area (Å²) in [5.74, 6) is -0.752. The van der Waals surface area contributed by atoms with Crippen molar-refractivity contribution in [3.05, 3.63) is 70.9 Å². The molecule has 1 amide bonds. The molecular formula is C21H14ClF6N3OS. The van der Waals surface area contributed by atoms with Gasteiger partial charge in [-0.1, -0.05) is 53.7 Å². The van der Waals surface area contributed by atoms with Crippen LogP contribution in [0.25, 0.3) is 11.3 Å². The van der Waals surface area contributed by atoms with Gasteiger partial charge < -0.3 is 5.32 Å². The van der Waals surface area contributed by atoms with Crippen LogP contribution in [0.2, 0.25) is 5.02 Å². The minimum atomic E-state index is -4.75. The van der Waals surface area contributed by atoms with E-state index in [4.69, 9.17) is 11.6 Å². The highest BCUT2D eigenvalue weighted by Crippen LogP contribution is 2.37. The van der Waals surface area contributed by atoms with Crippen LogP contribution in [0, 0.1) is 0 Å². The topological polar surface area (TPSA) is 54.9 Å². The number of carbonyl (C=O) groups is 1. The molecular weight excluding hydrogens is 492 g/mol. The molecule has 1 atom stereocenters. The average Bonchev–Trinajstić information content (AvgIpc) is 2.74. The molecule has 0 bridgehead atoms. The van der Waals surface area contributed by atoms with Gasteiger partial charge in [0.05, 0.1) is 21.5 Å². The van der Waals surface area contributed by atoms with Gasteiger partial charge in [-0.2, -0.15) is 26.3 Å². The summed E-state index contributed by atoms with van der Waals surface area (Å²) in [6, 6.07) is 11.8. The molecule has 0 fully saturated rings. The monoisotopic (exact) mass is 505 g/mol. The van der Waals surface area contributed by atoms with Gasteiger partial charge in [0.2, 0.25) is 5.91 Å². The van der Waals surface area contributed by atoms with E-state index in [0.717, 1.165) is 12.1 Å². The Morgan fingerprint density at radius 3 is 2.24 bits per heavy atom. The number of hydrogen-bond donors (Lipinski definition) is 1. The molecule has 0 saturated heterocycles. The number of anilines is 1. The summed E-state index contributed by atoms with van der Waals surface area (Å²) in [4.78, 5) is 20.1. The molecule has 0 unspecified atom stereocenters. The molecule has 3 aromatic rings. The molecule has 33 heavy (non-hydrogen) atoms. The summed E-state index contributed by atoms with van der Waals surface area (Å²) in [7, 11) is 0. The average molecular weight is 506 g/mol.